The molecule has 0 spiro atoms. The van der Waals surface area contributed by atoms with E-state index in [4.69, 9.17) is 0 Å². The second-order valence-electron chi connectivity index (χ2n) is 2.51. The zero-order valence-electron chi connectivity index (χ0n) is 6.20. The molecule has 0 aliphatic carbocycles. The van der Waals surface area contributed by atoms with E-state index >= 15 is 0 Å². The highest BCUT2D eigenvalue weighted by Gasteiger charge is 2.27. The fraction of sp³-hybridized carbons (Fsp3) is 0.714. The molecule has 1 aliphatic heterocycles. The van der Waals surface area contributed by atoms with Crippen molar-refractivity contribution in [2.75, 3.05) is 7.11 Å². The Morgan fingerprint density at radius 1 is 1.80 bits per heavy atom. The summed E-state index contributed by atoms with van der Waals surface area (Å²) in [5.74, 6) is 0.0914. The van der Waals surface area contributed by atoms with Gasteiger partial charge in [-0.15, -0.1) is 0 Å². The van der Waals surface area contributed by atoms with Gasteiger partial charge in [-0.2, -0.15) is 0 Å². The Kier molecular flexibility index (Phi) is 2.04. The van der Waals surface area contributed by atoms with Crippen molar-refractivity contribution in [3.8, 4) is 0 Å². The van der Waals surface area contributed by atoms with Crippen LogP contribution in [0.25, 0.3) is 0 Å². The van der Waals surface area contributed by atoms with Crippen LogP contribution in [0.5, 0.6) is 0 Å². The first-order valence-electron chi connectivity index (χ1n) is 3.35. The summed E-state index contributed by atoms with van der Waals surface area (Å²) >= 11 is 0. The number of nitrogens with zero attached hydrogens (tertiary/aromatic N) is 1. The summed E-state index contributed by atoms with van der Waals surface area (Å²) in [5, 5.41) is 0. The summed E-state index contributed by atoms with van der Waals surface area (Å²) in [4.78, 5) is 14.9. The van der Waals surface area contributed by atoms with Crippen LogP contribution in [0.2, 0.25) is 0 Å². The highest BCUT2D eigenvalue weighted by molar-refractivity contribution is 5.80. The summed E-state index contributed by atoms with van der Waals surface area (Å²) in [6, 6.07) is -0.245. The minimum absolute atomic E-state index is 0.221. The SMILES string of the molecule is COC(=O)[C@H]1N=CC[C@@H]1C. The van der Waals surface area contributed by atoms with Crippen LogP contribution in [0, 0.1) is 5.92 Å². The maximum absolute atomic E-state index is 10.9. The molecule has 0 aromatic carbocycles. The fourth-order valence-corrected chi connectivity index (χ4v) is 1.03. The second kappa shape index (κ2) is 2.82. The smallest absolute Gasteiger partial charge is 0.330 e. The molecule has 0 saturated carbocycles. The number of hydrogen-bond donors (Lipinski definition) is 0. The first-order chi connectivity index (χ1) is 4.75. The van der Waals surface area contributed by atoms with Crippen molar-refractivity contribution in [1.82, 2.24) is 0 Å². The molecule has 1 rings (SSSR count). The van der Waals surface area contributed by atoms with Gasteiger partial charge >= 0.3 is 5.97 Å². The Morgan fingerprint density at radius 2 is 2.50 bits per heavy atom. The molecule has 3 nitrogen and oxygen atoms in total. The van der Waals surface area contributed by atoms with Gasteiger partial charge in [-0.25, -0.2) is 4.79 Å². The minimum Gasteiger partial charge on any atom is -0.467 e. The lowest BCUT2D eigenvalue weighted by atomic mass is 10.0. The topological polar surface area (TPSA) is 38.7 Å². The Bertz CT molecular complexity index is 165. The molecule has 2 atom stereocenters. The Balaban J connectivity index is 2.55. The van der Waals surface area contributed by atoms with Gasteiger partial charge in [0.05, 0.1) is 7.11 Å². The molecule has 0 fully saturated rings. The largest absolute Gasteiger partial charge is 0.467 e. The van der Waals surface area contributed by atoms with E-state index in [-0.39, 0.29) is 12.0 Å². The molecule has 0 radical (unpaired) electrons. The average molecular weight is 141 g/mol. The van der Waals surface area contributed by atoms with Gasteiger partial charge in [0, 0.05) is 6.21 Å². The van der Waals surface area contributed by atoms with Gasteiger partial charge in [0.2, 0.25) is 0 Å². The number of aliphatic imine (C=N–C) groups is 1. The Morgan fingerprint density at radius 3 is 2.90 bits per heavy atom. The number of carbonyl (C=O) groups is 1. The molecule has 0 aromatic heterocycles. The van der Waals surface area contributed by atoms with Crippen molar-refractivity contribution >= 4 is 12.2 Å². The summed E-state index contributed by atoms with van der Waals surface area (Å²) < 4.78 is 4.55. The lowest BCUT2D eigenvalue weighted by Crippen LogP contribution is -2.23. The van der Waals surface area contributed by atoms with E-state index in [1.54, 1.807) is 6.21 Å². The molecular weight excluding hydrogens is 130 g/mol. The van der Waals surface area contributed by atoms with Crippen LogP contribution >= 0.6 is 0 Å². The third kappa shape index (κ3) is 1.17. The predicted molar refractivity (Wildman–Crippen MR) is 38.1 cm³/mol. The number of rotatable bonds is 1. The molecule has 0 aromatic rings. The highest BCUT2D eigenvalue weighted by atomic mass is 16.5. The molecule has 0 unspecified atom stereocenters. The molecule has 0 bridgehead atoms. The van der Waals surface area contributed by atoms with E-state index in [0.717, 1.165) is 6.42 Å². The van der Waals surface area contributed by atoms with Gasteiger partial charge in [0.25, 0.3) is 0 Å². The van der Waals surface area contributed by atoms with Crippen LogP contribution in [0.1, 0.15) is 13.3 Å². The second-order valence-corrected chi connectivity index (χ2v) is 2.51. The zero-order valence-corrected chi connectivity index (χ0v) is 6.20. The van der Waals surface area contributed by atoms with E-state index in [0.29, 0.717) is 5.92 Å². The lowest BCUT2D eigenvalue weighted by molar-refractivity contribution is -0.142. The van der Waals surface area contributed by atoms with Crippen LogP contribution in [0.15, 0.2) is 4.99 Å². The fourth-order valence-electron chi connectivity index (χ4n) is 1.03. The van der Waals surface area contributed by atoms with Gasteiger partial charge in [-0.1, -0.05) is 6.92 Å². The van der Waals surface area contributed by atoms with Gasteiger partial charge in [-0.3, -0.25) is 4.99 Å². The van der Waals surface area contributed by atoms with Gasteiger partial charge in [0.1, 0.15) is 6.04 Å². The van der Waals surface area contributed by atoms with E-state index in [9.17, 15) is 4.79 Å². The quantitative estimate of drug-likeness (QED) is 0.502. The molecule has 10 heavy (non-hydrogen) atoms. The Hall–Kier alpha value is -0.860. The normalized spacial score (nSPS) is 30.6. The van der Waals surface area contributed by atoms with E-state index < -0.39 is 0 Å². The van der Waals surface area contributed by atoms with Crippen LogP contribution < -0.4 is 0 Å². The number of hydrogen-bond acceptors (Lipinski definition) is 3. The van der Waals surface area contributed by atoms with Gasteiger partial charge in [0.15, 0.2) is 0 Å². The molecule has 1 heterocycles. The summed E-state index contributed by atoms with van der Waals surface area (Å²) in [6.07, 6.45) is 2.67. The molecular formula is C7H11NO2. The predicted octanol–water partition coefficient (Wildman–Crippen LogP) is 0.639. The van der Waals surface area contributed by atoms with Crippen molar-refractivity contribution in [2.45, 2.75) is 19.4 Å². The molecule has 3 heteroatoms. The van der Waals surface area contributed by atoms with Gasteiger partial charge in [-0.05, 0) is 12.3 Å². The number of esters is 1. The van der Waals surface area contributed by atoms with Crippen molar-refractivity contribution in [3.05, 3.63) is 0 Å². The lowest BCUT2D eigenvalue weighted by Gasteiger charge is -2.09. The van der Waals surface area contributed by atoms with Crippen LogP contribution in [-0.2, 0) is 9.53 Å². The van der Waals surface area contributed by atoms with Crippen LogP contribution in [-0.4, -0.2) is 25.3 Å². The molecule has 0 N–H and O–H groups in total. The third-order valence-corrected chi connectivity index (χ3v) is 1.72. The molecule has 0 amide bonds. The monoisotopic (exact) mass is 141 g/mol. The Labute approximate surface area is 60.1 Å². The highest BCUT2D eigenvalue weighted by Crippen LogP contribution is 2.17. The maximum Gasteiger partial charge on any atom is 0.330 e. The van der Waals surface area contributed by atoms with E-state index in [2.05, 4.69) is 9.73 Å². The first-order valence-corrected chi connectivity index (χ1v) is 3.35. The summed E-state index contributed by atoms with van der Waals surface area (Å²) in [6.45, 7) is 1.99. The number of methoxy groups -OCH3 is 1. The van der Waals surface area contributed by atoms with Gasteiger partial charge < -0.3 is 4.74 Å². The van der Waals surface area contributed by atoms with Crippen molar-refractivity contribution in [1.29, 1.82) is 0 Å². The molecule has 56 valence electrons. The number of carbonyl (C=O) groups excluding carboxylic acids is 1. The molecule has 0 saturated heterocycles. The van der Waals surface area contributed by atoms with Crippen molar-refractivity contribution in [2.24, 2.45) is 10.9 Å². The first kappa shape index (κ1) is 7.25. The van der Waals surface area contributed by atoms with Crippen molar-refractivity contribution in [3.63, 3.8) is 0 Å². The van der Waals surface area contributed by atoms with Crippen LogP contribution in [0.4, 0.5) is 0 Å². The number of ether oxygens (including phenoxy) is 1. The zero-order chi connectivity index (χ0) is 7.56. The minimum atomic E-state index is -0.245. The van der Waals surface area contributed by atoms with E-state index in [1.807, 2.05) is 6.92 Å². The van der Waals surface area contributed by atoms with Crippen LogP contribution in [0.3, 0.4) is 0 Å². The maximum atomic E-state index is 10.9. The average Bonchev–Trinajstić information content (AvgIpc) is 2.34. The third-order valence-electron chi connectivity index (χ3n) is 1.72. The van der Waals surface area contributed by atoms with Crippen molar-refractivity contribution < 1.29 is 9.53 Å². The summed E-state index contributed by atoms with van der Waals surface area (Å²) in [7, 11) is 1.39. The standard InChI is InChI=1S/C7H11NO2/c1-5-3-4-8-6(5)7(9)10-2/h4-6H,3H2,1-2H3/t5-,6-/m0/s1. The van der Waals surface area contributed by atoms with E-state index in [1.165, 1.54) is 7.11 Å². The molecule has 1 aliphatic rings. The summed E-state index contributed by atoms with van der Waals surface area (Å²) in [5.41, 5.74) is 0.